The fraction of sp³-hybridized carbons (Fsp3) is 0.833. The van der Waals surface area contributed by atoms with Crippen LogP contribution in [-0.2, 0) is 9.59 Å². The summed E-state index contributed by atoms with van der Waals surface area (Å²) in [6.45, 7) is 5.14. The number of hydrogen-bond donors (Lipinski definition) is 2. The van der Waals surface area contributed by atoms with Crippen LogP contribution < -0.4 is 5.32 Å². The zero-order valence-corrected chi connectivity index (χ0v) is 10.6. The molecule has 98 valence electrons. The van der Waals surface area contributed by atoms with Gasteiger partial charge in [-0.1, -0.05) is 26.7 Å². The van der Waals surface area contributed by atoms with Gasteiger partial charge < -0.3 is 10.4 Å². The van der Waals surface area contributed by atoms with Gasteiger partial charge in [-0.3, -0.25) is 14.5 Å². The number of carboxylic acids is 1. The lowest BCUT2D eigenvalue weighted by molar-refractivity contribution is -0.147. The first-order valence-electron chi connectivity index (χ1n) is 6.38. The van der Waals surface area contributed by atoms with E-state index in [-0.39, 0.29) is 11.9 Å². The summed E-state index contributed by atoms with van der Waals surface area (Å²) < 4.78 is 0. The Morgan fingerprint density at radius 2 is 2.29 bits per heavy atom. The largest absolute Gasteiger partial charge is 0.480 e. The zero-order chi connectivity index (χ0) is 12.8. The molecule has 2 N–H and O–H groups in total. The molecule has 0 saturated carbocycles. The average molecular weight is 242 g/mol. The van der Waals surface area contributed by atoms with Gasteiger partial charge in [0.1, 0.15) is 6.04 Å². The van der Waals surface area contributed by atoms with Gasteiger partial charge in [-0.15, -0.1) is 0 Å². The molecule has 5 nitrogen and oxygen atoms in total. The summed E-state index contributed by atoms with van der Waals surface area (Å²) in [6.07, 6.45) is 3.13. The summed E-state index contributed by atoms with van der Waals surface area (Å²) in [5.41, 5.74) is 0. The molecule has 0 aromatic rings. The maximum atomic E-state index is 11.7. The summed E-state index contributed by atoms with van der Waals surface area (Å²) in [4.78, 5) is 24.8. The number of carboxylic acid groups (broad SMARTS) is 1. The van der Waals surface area contributed by atoms with Crippen molar-refractivity contribution in [3.8, 4) is 0 Å². The van der Waals surface area contributed by atoms with Gasteiger partial charge in [0.2, 0.25) is 5.91 Å². The number of nitrogens with zero attached hydrogens (tertiary/aromatic N) is 1. The molecule has 0 aromatic carbocycles. The van der Waals surface area contributed by atoms with Crippen molar-refractivity contribution in [3.05, 3.63) is 0 Å². The highest BCUT2D eigenvalue weighted by molar-refractivity contribution is 5.83. The third-order valence-electron chi connectivity index (χ3n) is 3.28. The molecule has 17 heavy (non-hydrogen) atoms. The summed E-state index contributed by atoms with van der Waals surface area (Å²) in [5.74, 6) is -0.854. The van der Waals surface area contributed by atoms with E-state index in [1.807, 2.05) is 18.7 Å². The molecule has 1 rings (SSSR count). The van der Waals surface area contributed by atoms with Gasteiger partial charge in [0, 0.05) is 13.1 Å². The Hall–Kier alpha value is -1.10. The van der Waals surface area contributed by atoms with Gasteiger partial charge >= 0.3 is 5.97 Å². The lowest BCUT2D eigenvalue weighted by atomic mass is 10.0. The van der Waals surface area contributed by atoms with Gasteiger partial charge in [0.05, 0.1) is 6.04 Å². The van der Waals surface area contributed by atoms with Gasteiger partial charge in [0.15, 0.2) is 0 Å². The van der Waals surface area contributed by atoms with E-state index in [9.17, 15) is 14.7 Å². The third kappa shape index (κ3) is 3.43. The number of carbonyl (C=O) groups excluding carboxylic acids is 1. The van der Waals surface area contributed by atoms with Crippen LogP contribution in [0.15, 0.2) is 0 Å². The van der Waals surface area contributed by atoms with Crippen LogP contribution in [0.5, 0.6) is 0 Å². The van der Waals surface area contributed by atoms with Gasteiger partial charge in [0.25, 0.3) is 0 Å². The average Bonchev–Trinajstić information content (AvgIpc) is 2.29. The van der Waals surface area contributed by atoms with Crippen molar-refractivity contribution in [3.63, 3.8) is 0 Å². The number of rotatable bonds is 6. The van der Waals surface area contributed by atoms with E-state index in [1.54, 1.807) is 0 Å². The maximum absolute atomic E-state index is 11.7. The fourth-order valence-electron chi connectivity index (χ4n) is 2.35. The second-order valence-electron chi connectivity index (χ2n) is 4.45. The number of amides is 1. The van der Waals surface area contributed by atoms with E-state index in [4.69, 9.17) is 0 Å². The summed E-state index contributed by atoms with van der Waals surface area (Å²) in [6, 6.07) is -0.812. The van der Waals surface area contributed by atoms with Crippen molar-refractivity contribution in [2.75, 3.05) is 13.1 Å². The molecule has 1 saturated heterocycles. The van der Waals surface area contributed by atoms with Crippen molar-refractivity contribution >= 4 is 11.9 Å². The molecule has 5 heteroatoms. The molecule has 0 spiro atoms. The molecule has 2 atom stereocenters. The molecule has 1 fully saturated rings. The molecule has 0 bridgehead atoms. The lowest BCUT2D eigenvalue weighted by Crippen LogP contribution is -2.59. The molecule has 1 aliphatic heterocycles. The SMILES string of the molecule is CCCCC(C(=O)O)N1CCNC(=O)C1CC. The van der Waals surface area contributed by atoms with Crippen molar-refractivity contribution in [1.82, 2.24) is 10.2 Å². The zero-order valence-electron chi connectivity index (χ0n) is 10.6. The van der Waals surface area contributed by atoms with Gasteiger partial charge in [-0.05, 0) is 12.8 Å². The van der Waals surface area contributed by atoms with Crippen molar-refractivity contribution in [2.45, 2.75) is 51.6 Å². The van der Waals surface area contributed by atoms with E-state index in [2.05, 4.69) is 5.32 Å². The minimum absolute atomic E-state index is 0.0403. The molecular weight excluding hydrogens is 220 g/mol. The second-order valence-corrected chi connectivity index (χ2v) is 4.45. The molecule has 1 amide bonds. The lowest BCUT2D eigenvalue weighted by Gasteiger charge is -2.38. The Balaban J connectivity index is 2.76. The first-order valence-corrected chi connectivity index (χ1v) is 6.38. The van der Waals surface area contributed by atoms with E-state index in [1.165, 1.54) is 0 Å². The molecule has 0 aliphatic carbocycles. The Morgan fingerprint density at radius 1 is 1.59 bits per heavy atom. The number of carbonyl (C=O) groups is 2. The minimum atomic E-state index is -0.813. The monoisotopic (exact) mass is 242 g/mol. The van der Waals surface area contributed by atoms with E-state index < -0.39 is 12.0 Å². The first-order chi connectivity index (χ1) is 8.11. The molecule has 2 unspecified atom stereocenters. The van der Waals surface area contributed by atoms with Crippen molar-refractivity contribution in [2.24, 2.45) is 0 Å². The number of unbranched alkanes of at least 4 members (excludes halogenated alkanes) is 1. The number of nitrogens with one attached hydrogen (secondary N) is 1. The van der Waals surface area contributed by atoms with Crippen LogP contribution in [0, 0.1) is 0 Å². The van der Waals surface area contributed by atoms with Crippen molar-refractivity contribution in [1.29, 1.82) is 0 Å². The summed E-state index contributed by atoms with van der Waals surface area (Å²) in [5, 5.41) is 12.1. The Morgan fingerprint density at radius 3 is 2.82 bits per heavy atom. The third-order valence-corrected chi connectivity index (χ3v) is 3.28. The summed E-state index contributed by atoms with van der Waals surface area (Å²) >= 11 is 0. The Kier molecular flexibility index (Phi) is 5.41. The van der Waals surface area contributed by atoms with Gasteiger partial charge in [-0.25, -0.2) is 0 Å². The maximum Gasteiger partial charge on any atom is 0.320 e. The van der Waals surface area contributed by atoms with Crippen LogP contribution >= 0.6 is 0 Å². The highest BCUT2D eigenvalue weighted by Gasteiger charge is 2.36. The second kappa shape index (κ2) is 6.59. The fourth-order valence-corrected chi connectivity index (χ4v) is 2.35. The van der Waals surface area contributed by atoms with Crippen LogP contribution in [0.2, 0.25) is 0 Å². The molecular formula is C12H22N2O3. The normalized spacial score (nSPS) is 23.2. The number of aliphatic carboxylic acids is 1. The Labute approximate surface area is 102 Å². The van der Waals surface area contributed by atoms with Crippen molar-refractivity contribution < 1.29 is 14.7 Å². The minimum Gasteiger partial charge on any atom is -0.480 e. The smallest absolute Gasteiger partial charge is 0.320 e. The van der Waals surface area contributed by atoms with E-state index in [0.29, 0.717) is 25.9 Å². The van der Waals surface area contributed by atoms with Crippen LogP contribution in [0.1, 0.15) is 39.5 Å². The number of hydrogen-bond acceptors (Lipinski definition) is 3. The predicted molar refractivity (Wildman–Crippen MR) is 64.7 cm³/mol. The highest BCUT2D eigenvalue weighted by Crippen LogP contribution is 2.17. The van der Waals surface area contributed by atoms with Gasteiger partial charge in [-0.2, -0.15) is 0 Å². The molecule has 1 aliphatic rings. The standard InChI is InChI=1S/C12H22N2O3/c1-3-5-6-10(12(16)17)14-8-7-13-11(15)9(14)4-2/h9-10H,3-8H2,1-2H3,(H,13,15)(H,16,17). The highest BCUT2D eigenvalue weighted by atomic mass is 16.4. The summed E-state index contributed by atoms with van der Waals surface area (Å²) in [7, 11) is 0. The topological polar surface area (TPSA) is 69.6 Å². The predicted octanol–water partition coefficient (Wildman–Crippen LogP) is 0.840. The van der Waals surface area contributed by atoms with Crippen LogP contribution in [0.4, 0.5) is 0 Å². The molecule has 1 heterocycles. The quantitative estimate of drug-likeness (QED) is 0.724. The molecule has 0 aromatic heterocycles. The number of piperazine rings is 1. The first kappa shape index (κ1) is 14.0. The van der Waals surface area contributed by atoms with E-state index >= 15 is 0 Å². The van der Waals surface area contributed by atoms with E-state index in [0.717, 1.165) is 12.8 Å². The van der Waals surface area contributed by atoms with Crippen LogP contribution in [0.25, 0.3) is 0 Å². The van der Waals surface area contributed by atoms with Crippen LogP contribution in [0.3, 0.4) is 0 Å². The van der Waals surface area contributed by atoms with Crippen LogP contribution in [-0.4, -0.2) is 47.1 Å². The Bertz CT molecular complexity index is 281. The molecule has 0 radical (unpaired) electrons.